The fourth-order valence-corrected chi connectivity index (χ4v) is 5.07. The van der Waals surface area contributed by atoms with E-state index in [1.165, 1.54) is 45.7 Å². The van der Waals surface area contributed by atoms with Crippen molar-refractivity contribution >= 4 is 35.8 Å². The van der Waals surface area contributed by atoms with Crippen molar-refractivity contribution in [3.05, 3.63) is 0 Å². The lowest BCUT2D eigenvalue weighted by molar-refractivity contribution is -0.135. The van der Waals surface area contributed by atoms with Crippen LogP contribution in [0.1, 0.15) is 46.5 Å². The predicted octanol–water partition coefficient (Wildman–Crippen LogP) is 1.62. The molecule has 8 nitrogen and oxygen atoms in total. The van der Waals surface area contributed by atoms with Crippen LogP contribution in [0.4, 0.5) is 0 Å². The van der Waals surface area contributed by atoms with Gasteiger partial charge in [-0.15, -0.1) is 24.0 Å². The topological polar surface area (TPSA) is 57.7 Å². The molecule has 3 aliphatic heterocycles. The number of likely N-dealkylation sites (tertiary alicyclic amines) is 1. The number of unbranched alkanes of at least 4 members (excludes halogenated alkanes) is 1. The van der Waals surface area contributed by atoms with Crippen molar-refractivity contribution in [1.82, 2.24) is 29.8 Å². The van der Waals surface area contributed by atoms with Crippen molar-refractivity contribution in [3.8, 4) is 0 Å². The second-order valence-corrected chi connectivity index (χ2v) is 9.45. The summed E-state index contributed by atoms with van der Waals surface area (Å²) in [6.45, 7) is 21.1. The standard InChI is InChI=1S/C24H47N7O.HI/c1-4-25-24(26-10-6-7-11-28-16-14-27(5-2)15-17-28)31-20-18-29(19-21-31)22(3)23(32)30-12-8-9-13-30;/h22H,4-21H2,1-3H3,(H,25,26);1H. The first-order valence-corrected chi connectivity index (χ1v) is 13.1. The van der Waals surface area contributed by atoms with Crippen LogP contribution in [0.25, 0.3) is 0 Å². The van der Waals surface area contributed by atoms with Gasteiger partial charge in [0.1, 0.15) is 0 Å². The van der Waals surface area contributed by atoms with Crippen LogP contribution in [0.15, 0.2) is 4.99 Å². The van der Waals surface area contributed by atoms with Crippen molar-refractivity contribution in [1.29, 1.82) is 0 Å². The zero-order valence-electron chi connectivity index (χ0n) is 21.3. The van der Waals surface area contributed by atoms with E-state index in [0.717, 1.165) is 77.6 Å². The van der Waals surface area contributed by atoms with Gasteiger partial charge < -0.3 is 24.9 Å². The zero-order chi connectivity index (χ0) is 22.8. The van der Waals surface area contributed by atoms with Crippen molar-refractivity contribution < 1.29 is 4.79 Å². The van der Waals surface area contributed by atoms with E-state index in [1.807, 2.05) is 4.90 Å². The molecule has 0 aromatic rings. The summed E-state index contributed by atoms with van der Waals surface area (Å²) in [5, 5.41) is 3.48. The minimum absolute atomic E-state index is 0. The lowest BCUT2D eigenvalue weighted by Crippen LogP contribution is -2.57. The smallest absolute Gasteiger partial charge is 0.239 e. The fourth-order valence-electron chi connectivity index (χ4n) is 5.07. The molecule has 0 bridgehead atoms. The molecule has 3 fully saturated rings. The number of rotatable bonds is 9. The summed E-state index contributed by atoms with van der Waals surface area (Å²) in [5.41, 5.74) is 0. The lowest BCUT2D eigenvalue weighted by atomic mass is 10.2. The maximum Gasteiger partial charge on any atom is 0.239 e. The number of nitrogens with one attached hydrogen (secondary N) is 1. The maximum atomic E-state index is 12.7. The molecule has 1 unspecified atom stereocenters. The summed E-state index contributed by atoms with van der Waals surface area (Å²) in [6.07, 6.45) is 4.68. The molecule has 0 aromatic carbocycles. The Morgan fingerprint density at radius 1 is 0.848 bits per heavy atom. The minimum Gasteiger partial charge on any atom is -0.357 e. The molecule has 0 saturated carbocycles. The number of carbonyl (C=O) groups is 1. The normalized spacial score (nSPS) is 22.3. The Kier molecular flexibility index (Phi) is 13.3. The fraction of sp³-hybridized carbons (Fsp3) is 0.917. The summed E-state index contributed by atoms with van der Waals surface area (Å²) in [4.78, 5) is 29.6. The molecule has 1 atom stereocenters. The van der Waals surface area contributed by atoms with Crippen molar-refractivity contribution in [2.24, 2.45) is 4.99 Å². The molecule has 3 saturated heterocycles. The Bertz CT molecular complexity index is 583. The third kappa shape index (κ3) is 8.81. The van der Waals surface area contributed by atoms with E-state index in [9.17, 15) is 4.79 Å². The molecular formula is C24H48IN7O. The largest absolute Gasteiger partial charge is 0.357 e. The first kappa shape index (κ1) is 28.6. The quantitative estimate of drug-likeness (QED) is 0.195. The first-order chi connectivity index (χ1) is 15.6. The Morgan fingerprint density at radius 3 is 2.09 bits per heavy atom. The second-order valence-electron chi connectivity index (χ2n) is 9.45. The summed E-state index contributed by atoms with van der Waals surface area (Å²) < 4.78 is 0. The molecule has 0 aliphatic carbocycles. The molecule has 3 heterocycles. The van der Waals surface area contributed by atoms with Crippen LogP contribution in [0, 0.1) is 0 Å². The highest BCUT2D eigenvalue weighted by Crippen LogP contribution is 2.14. The highest BCUT2D eigenvalue weighted by atomic mass is 127. The maximum absolute atomic E-state index is 12.7. The number of amides is 1. The van der Waals surface area contributed by atoms with Crippen LogP contribution in [0.5, 0.6) is 0 Å². The van der Waals surface area contributed by atoms with Gasteiger partial charge in [-0.1, -0.05) is 6.92 Å². The van der Waals surface area contributed by atoms with Crippen molar-refractivity contribution in [2.45, 2.75) is 52.5 Å². The van der Waals surface area contributed by atoms with Gasteiger partial charge in [0.2, 0.25) is 5.91 Å². The molecule has 1 amide bonds. The molecule has 192 valence electrons. The highest BCUT2D eigenvalue weighted by Gasteiger charge is 2.30. The number of hydrogen-bond acceptors (Lipinski definition) is 5. The summed E-state index contributed by atoms with van der Waals surface area (Å²) in [7, 11) is 0. The van der Waals surface area contributed by atoms with E-state index in [-0.39, 0.29) is 30.0 Å². The van der Waals surface area contributed by atoms with Gasteiger partial charge in [-0.3, -0.25) is 14.7 Å². The number of halogens is 1. The van der Waals surface area contributed by atoms with Gasteiger partial charge >= 0.3 is 0 Å². The summed E-state index contributed by atoms with van der Waals surface area (Å²) in [5.74, 6) is 1.36. The summed E-state index contributed by atoms with van der Waals surface area (Å²) in [6, 6.07) is -0.00559. The van der Waals surface area contributed by atoms with E-state index in [4.69, 9.17) is 4.99 Å². The second kappa shape index (κ2) is 15.4. The number of aliphatic imine (C=N–C) groups is 1. The summed E-state index contributed by atoms with van der Waals surface area (Å²) >= 11 is 0. The molecule has 3 aliphatic rings. The van der Waals surface area contributed by atoms with E-state index in [0.29, 0.717) is 5.91 Å². The van der Waals surface area contributed by atoms with E-state index in [2.05, 4.69) is 45.7 Å². The molecule has 0 spiro atoms. The zero-order valence-corrected chi connectivity index (χ0v) is 23.6. The molecule has 1 N–H and O–H groups in total. The number of guanidine groups is 1. The van der Waals surface area contributed by atoms with Crippen LogP contribution in [0.2, 0.25) is 0 Å². The van der Waals surface area contributed by atoms with E-state index in [1.54, 1.807) is 0 Å². The number of piperazine rings is 2. The van der Waals surface area contributed by atoms with Gasteiger partial charge in [-0.25, -0.2) is 0 Å². The average molecular weight is 578 g/mol. The molecule has 9 heteroatoms. The number of nitrogens with zero attached hydrogens (tertiary/aromatic N) is 6. The van der Waals surface area contributed by atoms with Crippen molar-refractivity contribution in [2.75, 3.05) is 91.6 Å². The van der Waals surface area contributed by atoms with Crippen LogP contribution < -0.4 is 5.32 Å². The van der Waals surface area contributed by atoms with Gasteiger partial charge in [0, 0.05) is 78.5 Å². The first-order valence-electron chi connectivity index (χ1n) is 13.1. The third-order valence-corrected chi connectivity index (χ3v) is 7.33. The molecule has 3 rings (SSSR count). The van der Waals surface area contributed by atoms with Gasteiger partial charge in [0.05, 0.1) is 6.04 Å². The Labute approximate surface area is 219 Å². The average Bonchev–Trinajstić information content (AvgIpc) is 3.38. The van der Waals surface area contributed by atoms with Crippen LogP contribution in [0.3, 0.4) is 0 Å². The van der Waals surface area contributed by atoms with Gasteiger partial charge in [0.25, 0.3) is 0 Å². The number of carbonyl (C=O) groups excluding carboxylic acids is 1. The Morgan fingerprint density at radius 2 is 1.48 bits per heavy atom. The molecular weight excluding hydrogens is 529 g/mol. The highest BCUT2D eigenvalue weighted by molar-refractivity contribution is 14.0. The molecule has 0 aromatic heterocycles. The Hall–Kier alpha value is -0.650. The lowest BCUT2D eigenvalue weighted by Gasteiger charge is -2.39. The molecule has 0 radical (unpaired) electrons. The van der Waals surface area contributed by atoms with E-state index >= 15 is 0 Å². The number of hydrogen-bond donors (Lipinski definition) is 1. The van der Waals surface area contributed by atoms with Crippen LogP contribution in [-0.2, 0) is 4.79 Å². The monoisotopic (exact) mass is 577 g/mol. The van der Waals surface area contributed by atoms with Gasteiger partial charge in [0.15, 0.2) is 5.96 Å². The SMILES string of the molecule is CCNC(=NCCCCN1CCN(CC)CC1)N1CCN(C(C)C(=O)N2CCCC2)CC1.I. The number of likely N-dealkylation sites (N-methyl/N-ethyl adjacent to an activating group) is 1. The van der Waals surface area contributed by atoms with Gasteiger partial charge in [-0.05, 0) is 52.6 Å². The van der Waals surface area contributed by atoms with Gasteiger partial charge in [-0.2, -0.15) is 0 Å². The predicted molar refractivity (Wildman–Crippen MR) is 148 cm³/mol. The Balaban J connectivity index is 0.00000385. The van der Waals surface area contributed by atoms with Crippen molar-refractivity contribution in [3.63, 3.8) is 0 Å². The van der Waals surface area contributed by atoms with Crippen LogP contribution in [-0.4, -0.2) is 134 Å². The molecule has 33 heavy (non-hydrogen) atoms. The minimum atomic E-state index is -0.00559. The van der Waals surface area contributed by atoms with Crippen LogP contribution >= 0.6 is 24.0 Å². The van der Waals surface area contributed by atoms with E-state index < -0.39 is 0 Å². The third-order valence-electron chi connectivity index (χ3n) is 7.33.